The summed E-state index contributed by atoms with van der Waals surface area (Å²) in [6.45, 7) is 7.10. The van der Waals surface area contributed by atoms with Crippen LogP contribution in [0.3, 0.4) is 0 Å². The smallest absolute Gasteiger partial charge is 0.355 e. The highest BCUT2D eigenvalue weighted by molar-refractivity contribution is 6.17. The van der Waals surface area contributed by atoms with Gasteiger partial charge in [-0.2, -0.15) is 0 Å². The summed E-state index contributed by atoms with van der Waals surface area (Å²) in [5.74, 6) is -1.50. The quantitative estimate of drug-likeness (QED) is 0.627. The van der Waals surface area contributed by atoms with Gasteiger partial charge in [0.2, 0.25) is 5.90 Å². The Balaban J connectivity index is 2.48. The van der Waals surface area contributed by atoms with Crippen LogP contribution in [-0.2, 0) is 23.8 Å². The van der Waals surface area contributed by atoms with Gasteiger partial charge in [-0.3, -0.25) is 0 Å². The lowest BCUT2D eigenvalue weighted by molar-refractivity contribution is -0.168. The van der Waals surface area contributed by atoms with Crippen LogP contribution in [0, 0.1) is 0 Å². The Morgan fingerprint density at radius 2 is 1.87 bits per heavy atom. The Morgan fingerprint density at radius 3 is 2.39 bits per heavy atom. The maximum absolute atomic E-state index is 12.5. The first kappa shape index (κ1) is 17.1. The number of hydrogen-bond acceptors (Lipinski definition) is 6. The third-order valence-corrected chi connectivity index (χ3v) is 3.41. The molecule has 1 unspecified atom stereocenters. The zero-order chi connectivity index (χ0) is 17.3. The van der Waals surface area contributed by atoms with Crippen LogP contribution in [0.15, 0.2) is 35.3 Å². The fourth-order valence-corrected chi connectivity index (χ4v) is 2.42. The molecule has 0 saturated heterocycles. The molecule has 124 valence electrons. The zero-order valence-electron chi connectivity index (χ0n) is 14.0. The van der Waals surface area contributed by atoms with E-state index >= 15 is 0 Å². The standard InChI is InChI=1S/C17H21NO5/c1-11(23-16(2,3)4)17(14(19)21-5)15(20)22-13(18-17)12-9-7-6-8-10-12/h6-11H,1-5H3/t11-,17?/m1/s1. The number of cyclic esters (lactones) is 1. The first-order chi connectivity index (χ1) is 10.7. The van der Waals surface area contributed by atoms with E-state index in [9.17, 15) is 9.59 Å². The lowest BCUT2D eigenvalue weighted by atomic mass is 9.93. The van der Waals surface area contributed by atoms with Crippen LogP contribution in [0.2, 0.25) is 0 Å². The summed E-state index contributed by atoms with van der Waals surface area (Å²) >= 11 is 0. The van der Waals surface area contributed by atoms with Crippen LogP contribution in [0.1, 0.15) is 33.3 Å². The van der Waals surface area contributed by atoms with Gasteiger partial charge in [0.1, 0.15) is 6.10 Å². The summed E-state index contributed by atoms with van der Waals surface area (Å²) in [6.07, 6.45) is -0.844. The average molecular weight is 319 g/mol. The lowest BCUT2D eigenvalue weighted by Crippen LogP contribution is -2.54. The number of benzene rings is 1. The molecular weight excluding hydrogens is 298 g/mol. The summed E-state index contributed by atoms with van der Waals surface area (Å²) in [5, 5.41) is 0. The van der Waals surface area contributed by atoms with Gasteiger partial charge in [-0.05, 0) is 39.8 Å². The summed E-state index contributed by atoms with van der Waals surface area (Å²) in [7, 11) is 1.21. The van der Waals surface area contributed by atoms with Crippen molar-refractivity contribution in [3.8, 4) is 0 Å². The van der Waals surface area contributed by atoms with E-state index in [1.54, 1.807) is 31.2 Å². The monoisotopic (exact) mass is 319 g/mol. The number of rotatable bonds is 4. The summed E-state index contributed by atoms with van der Waals surface area (Å²) in [4.78, 5) is 29.1. The SMILES string of the molecule is COC(=O)C1([C@@H](C)OC(C)(C)C)N=C(c2ccccc2)OC1=O. The Bertz CT molecular complexity index is 632. The molecule has 23 heavy (non-hydrogen) atoms. The molecule has 0 bridgehead atoms. The van der Waals surface area contributed by atoms with Gasteiger partial charge < -0.3 is 14.2 Å². The second-order valence-electron chi connectivity index (χ2n) is 6.30. The van der Waals surface area contributed by atoms with E-state index in [1.807, 2.05) is 26.8 Å². The van der Waals surface area contributed by atoms with Gasteiger partial charge in [0.05, 0.1) is 12.7 Å². The minimum absolute atomic E-state index is 0.0883. The van der Waals surface area contributed by atoms with Crippen LogP contribution >= 0.6 is 0 Å². The highest BCUT2D eigenvalue weighted by Crippen LogP contribution is 2.32. The number of carbonyl (C=O) groups is 2. The Kier molecular flexibility index (Phi) is 4.56. The fourth-order valence-electron chi connectivity index (χ4n) is 2.42. The molecule has 2 atom stereocenters. The highest BCUT2D eigenvalue weighted by atomic mass is 16.6. The van der Waals surface area contributed by atoms with E-state index in [4.69, 9.17) is 14.2 Å². The van der Waals surface area contributed by atoms with Crippen LogP contribution in [0.5, 0.6) is 0 Å². The molecular formula is C17H21NO5. The third kappa shape index (κ3) is 3.27. The first-order valence-corrected chi connectivity index (χ1v) is 7.34. The van der Waals surface area contributed by atoms with Gasteiger partial charge in [-0.1, -0.05) is 18.2 Å². The maximum Gasteiger partial charge on any atom is 0.355 e. The predicted molar refractivity (Wildman–Crippen MR) is 84.1 cm³/mol. The fraction of sp³-hybridized carbons (Fsp3) is 0.471. The van der Waals surface area contributed by atoms with Crippen LogP contribution < -0.4 is 0 Å². The van der Waals surface area contributed by atoms with Gasteiger partial charge in [-0.25, -0.2) is 14.6 Å². The van der Waals surface area contributed by atoms with E-state index in [0.717, 1.165) is 0 Å². The van der Waals surface area contributed by atoms with Gasteiger partial charge in [0, 0.05) is 5.56 Å². The predicted octanol–water partition coefficient (Wildman–Crippen LogP) is 2.11. The summed E-state index contributed by atoms with van der Waals surface area (Å²) in [6, 6.07) is 8.90. The van der Waals surface area contributed by atoms with Gasteiger partial charge in [-0.15, -0.1) is 0 Å². The molecule has 6 heteroatoms. The molecule has 0 N–H and O–H groups in total. The molecule has 0 aliphatic carbocycles. The summed E-state index contributed by atoms with van der Waals surface area (Å²) < 4.78 is 15.8. The van der Waals surface area contributed by atoms with Crippen molar-refractivity contribution < 1.29 is 23.8 Å². The molecule has 1 aromatic rings. The number of carbonyl (C=O) groups excluding carboxylic acids is 2. The number of ether oxygens (including phenoxy) is 3. The van der Waals surface area contributed by atoms with Crippen LogP contribution in [0.4, 0.5) is 0 Å². The molecule has 2 rings (SSSR count). The Labute approximate surface area is 135 Å². The first-order valence-electron chi connectivity index (χ1n) is 7.34. The van der Waals surface area contributed by atoms with E-state index in [1.165, 1.54) is 7.11 Å². The van der Waals surface area contributed by atoms with Crippen molar-refractivity contribution in [1.29, 1.82) is 0 Å². The Hall–Kier alpha value is -2.21. The Morgan fingerprint density at radius 1 is 1.26 bits per heavy atom. The van der Waals surface area contributed by atoms with Crippen molar-refractivity contribution in [3.05, 3.63) is 35.9 Å². The number of nitrogens with zero attached hydrogens (tertiary/aromatic N) is 1. The summed E-state index contributed by atoms with van der Waals surface area (Å²) in [5.41, 5.74) is -1.81. The van der Waals surface area contributed by atoms with Crippen molar-refractivity contribution in [2.45, 2.75) is 44.9 Å². The zero-order valence-corrected chi connectivity index (χ0v) is 14.0. The van der Waals surface area contributed by atoms with Gasteiger partial charge in [0.25, 0.3) is 5.54 Å². The molecule has 1 aliphatic heterocycles. The highest BCUT2D eigenvalue weighted by Gasteiger charge is 2.59. The van der Waals surface area contributed by atoms with E-state index in [2.05, 4.69) is 4.99 Å². The van der Waals surface area contributed by atoms with E-state index < -0.39 is 29.2 Å². The van der Waals surface area contributed by atoms with Crippen LogP contribution in [-0.4, -0.2) is 42.2 Å². The minimum atomic E-state index is -1.85. The third-order valence-electron chi connectivity index (χ3n) is 3.41. The lowest BCUT2D eigenvalue weighted by Gasteiger charge is -2.31. The molecule has 6 nitrogen and oxygen atoms in total. The number of esters is 2. The molecule has 0 aromatic heterocycles. The van der Waals surface area contributed by atoms with Crippen LogP contribution in [0.25, 0.3) is 0 Å². The molecule has 1 aromatic carbocycles. The normalized spacial score (nSPS) is 22.3. The minimum Gasteiger partial charge on any atom is -0.467 e. The molecule has 0 fully saturated rings. The largest absolute Gasteiger partial charge is 0.467 e. The van der Waals surface area contributed by atoms with E-state index in [0.29, 0.717) is 5.56 Å². The topological polar surface area (TPSA) is 74.2 Å². The van der Waals surface area contributed by atoms with Crippen molar-refractivity contribution in [3.63, 3.8) is 0 Å². The molecule has 1 aliphatic rings. The van der Waals surface area contributed by atoms with Crippen molar-refractivity contribution >= 4 is 17.8 Å². The van der Waals surface area contributed by atoms with Crippen molar-refractivity contribution in [2.75, 3.05) is 7.11 Å². The van der Waals surface area contributed by atoms with Gasteiger partial charge >= 0.3 is 11.9 Å². The maximum atomic E-state index is 12.5. The molecule has 0 radical (unpaired) electrons. The van der Waals surface area contributed by atoms with Gasteiger partial charge in [0.15, 0.2) is 0 Å². The second kappa shape index (κ2) is 6.12. The molecule has 0 spiro atoms. The second-order valence-corrected chi connectivity index (χ2v) is 6.30. The molecule has 0 saturated carbocycles. The number of methoxy groups -OCH3 is 1. The number of aliphatic imine (C=N–C) groups is 1. The molecule has 1 heterocycles. The average Bonchev–Trinajstić information content (AvgIpc) is 2.84. The number of hydrogen-bond donors (Lipinski definition) is 0. The molecule has 0 amide bonds. The van der Waals surface area contributed by atoms with E-state index in [-0.39, 0.29) is 5.90 Å². The van der Waals surface area contributed by atoms with Crippen molar-refractivity contribution in [2.24, 2.45) is 4.99 Å². The van der Waals surface area contributed by atoms with Crippen molar-refractivity contribution in [1.82, 2.24) is 0 Å².